The summed E-state index contributed by atoms with van der Waals surface area (Å²) in [4.78, 5) is 2.77. The Kier molecular flexibility index (Phi) is 3.39. The molecule has 0 bridgehead atoms. The summed E-state index contributed by atoms with van der Waals surface area (Å²) in [5.74, 6) is 2.93. The Bertz CT molecular complexity index is 205. The molecule has 1 nitrogen and oxygen atoms in total. The molecule has 0 aromatic carbocycles. The molecule has 0 unspecified atom stereocenters. The largest absolute Gasteiger partial charge is 0.298 e. The second-order valence-electron chi connectivity index (χ2n) is 6.26. The number of rotatable bonds is 3. The Morgan fingerprint density at radius 2 is 1.67 bits per heavy atom. The van der Waals surface area contributed by atoms with E-state index in [1.54, 1.807) is 0 Å². The molecule has 1 heterocycles. The SMILES string of the molecule is CC(C)[C@H]1CCN(C(C)C)[C@@H](C2CC2)C1. The standard InChI is InChI=1S/C14H27N/c1-10(2)13-7-8-15(11(3)4)14(9-13)12-5-6-12/h10-14H,5-9H2,1-4H3/t13-,14+/m0/s1. The predicted octanol–water partition coefficient (Wildman–Crippen LogP) is 3.54. The molecule has 0 aromatic rings. The summed E-state index contributed by atoms with van der Waals surface area (Å²) < 4.78 is 0. The van der Waals surface area contributed by atoms with Gasteiger partial charge in [-0.1, -0.05) is 13.8 Å². The van der Waals surface area contributed by atoms with Crippen molar-refractivity contribution < 1.29 is 0 Å². The maximum Gasteiger partial charge on any atom is 0.0129 e. The van der Waals surface area contributed by atoms with E-state index in [1.807, 2.05) is 0 Å². The molecule has 15 heavy (non-hydrogen) atoms. The van der Waals surface area contributed by atoms with Gasteiger partial charge in [-0.2, -0.15) is 0 Å². The van der Waals surface area contributed by atoms with Gasteiger partial charge in [0.1, 0.15) is 0 Å². The van der Waals surface area contributed by atoms with Crippen LogP contribution in [0.25, 0.3) is 0 Å². The third-order valence-electron chi connectivity index (χ3n) is 4.50. The number of piperidine rings is 1. The maximum absolute atomic E-state index is 2.77. The van der Waals surface area contributed by atoms with E-state index in [4.69, 9.17) is 0 Å². The topological polar surface area (TPSA) is 3.24 Å². The molecule has 88 valence electrons. The first kappa shape index (κ1) is 11.4. The molecule has 2 atom stereocenters. The van der Waals surface area contributed by atoms with Gasteiger partial charge in [0.25, 0.3) is 0 Å². The second kappa shape index (κ2) is 4.45. The van der Waals surface area contributed by atoms with Crippen LogP contribution in [-0.2, 0) is 0 Å². The van der Waals surface area contributed by atoms with Gasteiger partial charge in [-0.05, 0) is 63.8 Å². The summed E-state index contributed by atoms with van der Waals surface area (Å²) >= 11 is 0. The van der Waals surface area contributed by atoms with E-state index in [9.17, 15) is 0 Å². The minimum absolute atomic E-state index is 0.753. The van der Waals surface area contributed by atoms with Gasteiger partial charge in [0.2, 0.25) is 0 Å². The highest BCUT2D eigenvalue weighted by Crippen LogP contribution is 2.42. The molecule has 0 amide bonds. The fourth-order valence-electron chi connectivity index (χ4n) is 3.24. The van der Waals surface area contributed by atoms with Gasteiger partial charge < -0.3 is 0 Å². The summed E-state index contributed by atoms with van der Waals surface area (Å²) in [7, 11) is 0. The zero-order chi connectivity index (χ0) is 11.0. The van der Waals surface area contributed by atoms with Crippen molar-refractivity contribution in [3.63, 3.8) is 0 Å². The third-order valence-corrected chi connectivity index (χ3v) is 4.50. The molecule has 0 radical (unpaired) electrons. The molecular weight excluding hydrogens is 182 g/mol. The molecule has 1 heteroatoms. The lowest BCUT2D eigenvalue weighted by Crippen LogP contribution is -2.48. The van der Waals surface area contributed by atoms with Crippen LogP contribution in [0.2, 0.25) is 0 Å². The van der Waals surface area contributed by atoms with E-state index in [0.29, 0.717) is 0 Å². The van der Waals surface area contributed by atoms with Crippen molar-refractivity contribution in [2.45, 2.75) is 65.5 Å². The molecule has 0 aromatic heterocycles. The van der Waals surface area contributed by atoms with Crippen molar-refractivity contribution >= 4 is 0 Å². The maximum atomic E-state index is 2.77. The highest BCUT2D eigenvalue weighted by molar-refractivity contribution is 4.94. The lowest BCUT2D eigenvalue weighted by Gasteiger charge is -2.43. The van der Waals surface area contributed by atoms with E-state index in [2.05, 4.69) is 32.6 Å². The van der Waals surface area contributed by atoms with Crippen LogP contribution in [-0.4, -0.2) is 23.5 Å². The minimum atomic E-state index is 0.753. The zero-order valence-electron chi connectivity index (χ0n) is 10.9. The van der Waals surface area contributed by atoms with E-state index in [0.717, 1.165) is 29.8 Å². The van der Waals surface area contributed by atoms with Crippen LogP contribution >= 0.6 is 0 Å². The monoisotopic (exact) mass is 209 g/mol. The smallest absolute Gasteiger partial charge is 0.0129 e. The van der Waals surface area contributed by atoms with Crippen LogP contribution in [0.5, 0.6) is 0 Å². The summed E-state index contributed by atoms with van der Waals surface area (Å²) in [6.07, 6.45) is 5.90. The van der Waals surface area contributed by atoms with E-state index < -0.39 is 0 Å². The Morgan fingerprint density at radius 1 is 1.00 bits per heavy atom. The van der Waals surface area contributed by atoms with Crippen LogP contribution in [0, 0.1) is 17.8 Å². The summed E-state index contributed by atoms with van der Waals surface area (Å²) in [6.45, 7) is 10.9. The summed E-state index contributed by atoms with van der Waals surface area (Å²) in [5.41, 5.74) is 0. The van der Waals surface area contributed by atoms with Gasteiger partial charge in [-0.25, -0.2) is 0 Å². The van der Waals surface area contributed by atoms with Crippen molar-refractivity contribution in [3.8, 4) is 0 Å². The van der Waals surface area contributed by atoms with Gasteiger partial charge in [-0.15, -0.1) is 0 Å². The number of nitrogens with zero attached hydrogens (tertiary/aromatic N) is 1. The second-order valence-corrected chi connectivity index (χ2v) is 6.26. The van der Waals surface area contributed by atoms with Gasteiger partial charge in [0, 0.05) is 12.1 Å². The first-order valence-electron chi connectivity index (χ1n) is 6.85. The molecule has 0 spiro atoms. The Labute approximate surface area is 95.2 Å². The van der Waals surface area contributed by atoms with Crippen LogP contribution in [0.3, 0.4) is 0 Å². The Balaban J connectivity index is 1.99. The van der Waals surface area contributed by atoms with Crippen molar-refractivity contribution in [2.75, 3.05) is 6.54 Å². The molecule has 1 saturated heterocycles. The first-order valence-corrected chi connectivity index (χ1v) is 6.85. The van der Waals surface area contributed by atoms with Gasteiger partial charge in [0.15, 0.2) is 0 Å². The minimum Gasteiger partial charge on any atom is -0.298 e. The summed E-state index contributed by atoms with van der Waals surface area (Å²) in [5, 5.41) is 0. The van der Waals surface area contributed by atoms with Crippen molar-refractivity contribution in [3.05, 3.63) is 0 Å². The molecular formula is C14H27N. The van der Waals surface area contributed by atoms with Crippen LogP contribution in [0.15, 0.2) is 0 Å². The fraction of sp³-hybridized carbons (Fsp3) is 1.00. The van der Waals surface area contributed by atoms with E-state index >= 15 is 0 Å². The lowest BCUT2D eigenvalue weighted by molar-refractivity contribution is 0.0542. The summed E-state index contributed by atoms with van der Waals surface area (Å²) in [6, 6.07) is 1.68. The number of likely N-dealkylation sites (tertiary alicyclic amines) is 1. The fourth-order valence-corrected chi connectivity index (χ4v) is 3.24. The lowest BCUT2D eigenvalue weighted by atomic mass is 9.81. The van der Waals surface area contributed by atoms with E-state index in [-0.39, 0.29) is 0 Å². The third kappa shape index (κ3) is 2.55. The molecule has 2 aliphatic rings. The number of hydrogen-bond donors (Lipinski definition) is 0. The molecule has 0 N–H and O–H groups in total. The van der Waals surface area contributed by atoms with Gasteiger partial charge >= 0.3 is 0 Å². The van der Waals surface area contributed by atoms with Crippen LogP contribution in [0.4, 0.5) is 0 Å². The van der Waals surface area contributed by atoms with Gasteiger partial charge in [0.05, 0.1) is 0 Å². The van der Waals surface area contributed by atoms with Gasteiger partial charge in [-0.3, -0.25) is 4.90 Å². The number of hydrogen-bond acceptors (Lipinski definition) is 1. The van der Waals surface area contributed by atoms with Crippen LogP contribution in [0.1, 0.15) is 53.4 Å². The molecule has 1 saturated carbocycles. The van der Waals surface area contributed by atoms with Crippen LogP contribution < -0.4 is 0 Å². The van der Waals surface area contributed by atoms with Crippen molar-refractivity contribution in [1.82, 2.24) is 4.90 Å². The molecule has 2 fully saturated rings. The highest BCUT2D eigenvalue weighted by Gasteiger charge is 2.40. The van der Waals surface area contributed by atoms with Crippen molar-refractivity contribution in [1.29, 1.82) is 0 Å². The zero-order valence-corrected chi connectivity index (χ0v) is 10.9. The van der Waals surface area contributed by atoms with Crippen molar-refractivity contribution in [2.24, 2.45) is 17.8 Å². The average molecular weight is 209 g/mol. The highest BCUT2D eigenvalue weighted by atomic mass is 15.2. The molecule has 1 aliphatic carbocycles. The predicted molar refractivity (Wildman–Crippen MR) is 65.9 cm³/mol. The Morgan fingerprint density at radius 3 is 2.13 bits per heavy atom. The molecule has 1 aliphatic heterocycles. The normalized spacial score (nSPS) is 34.0. The molecule has 2 rings (SSSR count). The van der Waals surface area contributed by atoms with E-state index in [1.165, 1.54) is 32.2 Å². The quantitative estimate of drug-likeness (QED) is 0.687. The average Bonchev–Trinajstić information content (AvgIpc) is 2.99. The Hall–Kier alpha value is -0.0400. The first-order chi connectivity index (χ1) is 7.09.